The molecule has 0 spiro atoms. The molecule has 1 N–H and O–H groups in total. The fourth-order valence-corrected chi connectivity index (χ4v) is 3.82. The number of rotatable bonds is 6. The average Bonchev–Trinajstić information content (AvgIpc) is 3.41. The quantitative estimate of drug-likeness (QED) is 0.670. The molecule has 1 aliphatic rings. The van der Waals surface area contributed by atoms with Crippen LogP contribution in [0.15, 0.2) is 36.4 Å². The number of carbonyl (C=O) groups is 1. The van der Waals surface area contributed by atoms with Gasteiger partial charge in [-0.15, -0.1) is 0 Å². The zero-order valence-electron chi connectivity index (χ0n) is 14.7. The zero-order chi connectivity index (χ0) is 18.3. The van der Waals surface area contributed by atoms with Crippen LogP contribution in [0.1, 0.15) is 47.6 Å². The van der Waals surface area contributed by atoms with Gasteiger partial charge in [-0.25, -0.2) is 0 Å². The Morgan fingerprint density at radius 2 is 2.12 bits per heavy atom. The van der Waals surface area contributed by atoms with Crippen LogP contribution in [0.25, 0.3) is 10.9 Å². The van der Waals surface area contributed by atoms with Gasteiger partial charge in [0.25, 0.3) is 0 Å². The molecule has 5 heteroatoms. The van der Waals surface area contributed by atoms with Crippen molar-refractivity contribution in [3.05, 3.63) is 63.8 Å². The van der Waals surface area contributed by atoms with Gasteiger partial charge in [-0.1, -0.05) is 35.9 Å². The third kappa shape index (κ3) is 3.34. The maximum atomic E-state index is 10.9. The lowest BCUT2D eigenvalue weighted by Gasteiger charge is -2.12. The van der Waals surface area contributed by atoms with E-state index in [0.29, 0.717) is 18.9 Å². The molecule has 4 nitrogen and oxygen atoms in total. The highest BCUT2D eigenvalue weighted by molar-refractivity contribution is 6.31. The molecule has 0 unspecified atom stereocenters. The minimum atomic E-state index is -0.778. The van der Waals surface area contributed by atoms with Gasteiger partial charge in [-0.05, 0) is 60.9 Å². The monoisotopic (exact) mass is 368 g/mol. The van der Waals surface area contributed by atoms with Gasteiger partial charge in [0.15, 0.2) is 0 Å². The van der Waals surface area contributed by atoms with Crippen LogP contribution in [0.5, 0.6) is 0 Å². The standard InChI is InChI=1S/C21H21ClN2O2/c1-13-16-9-5-14(6-10-21(25)26)11-20(16)24(23-13)12-18-17(15-7-8-15)3-2-4-19(18)22/h2-5,9,11,15H,6-8,10,12H2,1H3,(H,25,26). The molecular formula is C21H21ClN2O2. The number of nitrogens with zero attached hydrogens (tertiary/aromatic N) is 2. The average molecular weight is 369 g/mol. The van der Waals surface area contributed by atoms with Gasteiger partial charge in [-0.3, -0.25) is 9.48 Å². The molecule has 134 valence electrons. The molecule has 1 aliphatic carbocycles. The van der Waals surface area contributed by atoms with E-state index in [1.807, 2.05) is 35.9 Å². The number of carboxylic acid groups (broad SMARTS) is 1. The highest BCUT2D eigenvalue weighted by Gasteiger charge is 2.27. The molecule has 0 atom stereocenters. The van der Waals surface area contributed by atoms with E-state index in [4.69, 9.17) is 21.8 Å². The number of aromatic nitrogens is 2. The second kappa shape index (κ2) is 6.76. The molecule has 0 amide bonds. The van der Waals surface area contributed by atoms with Crippen LogP contribution in [0.4, 0.5) is 0 Å². The summed E-state index contributed by atoms with van der Waals surface area (Å²) in [7, 11) is 0. The summed E-state index contributed by atoms with van der Waals surface area (Å²) in [5, 5.41) is 15.5. The topological polar surface area (TPSA) is 55.1 Å². The van der Waals surface area contributed by atoms with Gasteiger partial charge in [0.2, 0.25) is 0 Å². The van der Waals surface area contributed by atoms with Gasteiger partial charge in [0.1, 0.15) is 0 Å². The maximum absolute atomic E-state index is 10.9. The van der Waals surface area contributed by atoms with Crippen molar-refractivity contribution in [2.75, 3.05) is 0 Å². The van der Waals surface area contributed by atoms with Crippen LogP contribution >= 0.6 is 11.6 Å². The minimum Gasteiger partial charge on any atom is -0.481 e. The van der Waals surface area contributed by atoms with E-state index in [1.165, 1.54) is 18.4 Å². The van der Waals surface area contributed by atoms with Crippen molar-refractivity contribution < 1.29 is 9.90 Å². The van der Waals surface area contributed by atoms with E-state index in [9.17, 15) is 4.79 Å². The lowest BCUT2D eigenvalue weighted by molar-refractivity contribution is -0.136. The van der Waals surface area contributed by atoms with E-state index < -0.39 is 5.97 Å². The number of hydrogen-bond acceptors (Lipinski definition) is 2. The normalized spacial score (nSPS) is 14.1. The SMILES string of the molecule is Cc1nn(Cc2c(Cl)cccc2C2CC2)c2cc(CCC(=O)O)ccc12. The molecule has 0 radical (unpaired) electrons. The lowest BCUT2D eigenvalue weighted by atomic mass is 10.0. The van der Waals surface area contributed by atoms with Crippen molar-refractivity contribution in [2.24, 2.45) is 0 Å². The minimum absolute atomic E-state index is 0.134. The van der Waals surface area contributed by atoms with Crippen LogP contribution in [0.3, 0.4) is 0 Å². The second-order valence-corrected chi connectivity index (χ2v) is 7.48. The first kappa shape index (κ1) is 17.1. The Hall–Kier alpha value is -2.33. The van der Waals surface area contributed by atoms with Crippen LogP contribution in [-0.4, -0.2) is 20.9 Å². The third-order valence-corrected chi connectivity index (χ3v) is 5.46. The highest BCUT2D eigenvalue weighted by Crippen LogP contribution is 2.43. The number of aryl methyl sites for hydroxylation is 2. The number of fused-ring (bicyclic) bond motifs is 1. The molecule has 1 fully saturated rings. The van der Waals surface area contributed by atoms with Crippen molar-refractivity contribution in [3.8, 4) is 0 Å². The Labute approximate surface area is 157 Å². The number of benzene rings is 2. The fraction of sp³-hybridized carbons (Fsp3) is 0.333. The molecule has 0 aliphatic heterocycles. The molecule has 1 aromatic heterocycles. The highest BCUT2D eigenvalue weighted by atomic mass is 35.5. The van der Waals surface area contributed by atoms with E-state index in [0.717, 1.165) is 32.7 Å². The first-order valence-electron chi connectivity index (χ1n) is 8.98. The largest absolute Gasteiger partial charge is 0.481 e. The van der Waals surface area contributed by atoms with Crippen molar-refractivity contribution in [1.82, 2.24) is 9.78 Å². The fourth-order valence-electron chi connectivity index (χ4n) is 3.58. The van der Waals surface area contributed by atoms with Crippen molar-refractivity contribution >= 4 is 28.5 Å². The third-order valence-electron chi connectivity index (χ3n) is 5.11. The summed E-state index contributed by atoms with van der Waals surface area (Å²) in [6.45, 7) is 2.64. The molecule has 0 saturated heterocycles. The van der Waals surface area contributed by atoms with Crippen LogP contribution in [0.2, 0.25) is 5.02 Å². The van der Waals surface area contributed by atoms with E-state index in [1.54, 1.807) is 0 Å². The summed E-state index contributed by atoms with van der Waals surface area (Å²) in [5.74, 6) is -0.155. The Bertz CT molecular complexity index is 989. The van der Waals surface area contributed by atoms with Gasteiger partial charge >= 0.3 is 5.97 Å². The first-order chi connectivity index (χ1) is 12.5. The second-order valence-electron chi connectivity index (χ2n) is 7.07. The Balaban J connectivity index is 1.72. The summed E-state index contributed by atoms with van der Waals surface area (Å²) < 4.78 is 2.00. The van der Waals surface area contributed by atoms with Gasteiger partial charge in [0, 0.05) is 16.8 Å². The smallest absolute Gasteiger partial charge is 0.303 e. The molecule has 26 heavy (non-hydrogen) atoms. The van der Waals surface area contributed by atoms with E-state index in [-0.39, 0.29) is 6.42 Å². The Kier molecular flexibility index (Phi) is 4.45. The van der Waals surface area contributed by atoms with Crippen LogP contribution < -0.4 is 0 Å². The van der Waals surface area contributed by atoms with Crippen molar-refractivity contribution in [2.45, 2.75) is 45.1 Å². The summed E-state index contributed by atoms with van der Waals surface area (Å²) >= 11 is 6.52. The number of aliphatic carboxylic acids is 1. The van der Waals surface area contributed by atoms with Crippen LogP contribution in [0, 0.1) is 6.92 Å². The zero-order valence-corrected chi connectivity index (χ0v) is 15.5. The Morgan fingerprint density at radius 1 is 1.31 bits per heavy atom. The summed E-state index contributed by atoms with van der Waals surface area (Å²) in [6.07, 6.45) is 3.11. The predicted molar refractivity (Wildman–Crippen MR) is 103 cm³/mol. The molecule has 4 rings (SSSR count). The molecule has 3 aromatic rings. The number of carboxylic acids is 1. The van der Waals surface area contributed by atoms with E-state index >= 15 is 0 Å². The summed E-state index contributed by atoms with van der Waals surface area (Å²) in [5.41, 5.74) is 5.51. The maximum Gasteiger partial charge on any atom is 0.303 e. The van der Waals surface area contributed by atoms with Crippen molar-refractivity contribution in [3.63, 3.8) is 0 Å². The van der Waals surface area contributed by atoms with Crippen molar-refractivity contribution in [1.29, 1.82) is 0 Å². The first-order valence-corrected chi connectivity index (χ1v) is 9.36. The summed E-state index contributed by atoms with van der Waals surface area (Å²) in [4.78, 5) is 10.9. The van der Waals surface area contributed by atoms with Gasteiger partial charge in [-0.2, -0.15) is 5.10 Å². The van der Waals surface area contributed by atoms with Gasteiger partial charge < -0.3 is 5.11 Å². The number of halogens is 1. The number of hydrogen-bond donors (Lipinski definition) is 1. The molecule has 1 heterocycles. The molecule has 2 aromatic carbocycles. The Morgan fingerprint density at radius 3 is 2.85 bits per heavy atom. The summed E-state index contributed by atoms with van der Waals surface area (Å²) in [6, 6.07) is 12.2. The van der Waals surface area contributed by atoms with Crippen LogP contribution in [-0.2, 0) is 17.8 Å². The molecule has 1 saturated carbocycles. The van der Waals surface area contributed by atoms with Gasteiger partial charge in [0.05, 0.1) is 17.8 Å². The van der Waals surface area contributed by atoms with E-state index in [2.05, 4.69) is 12.1 Å². The predicted octanol–water partition coefficient (Wildman–Crippen LogP) is 4.94. The molecule has 0 bridgehead atoms. The lowest BCUT2D eigenvalue weighted by Crippen LogP contribution is -2.05. The molecular weight excluding hydrogens is 348 g/mol.